The summed E-state index contributed by atoms with van der Waals surface area (Å²) in [4.78, 5) is 23.6. The van der Waals surface area contributed by atoms with Gasteiger partial charge in [0.25, 0.3) is 0 Å². The van der Waals surface area contributed by atoms with Gasteiger partial charge in [0, 0.05) is 23.8 Å². The molecule has 1 fully saturated rings. The molecule has 0 bridgehead atoms. The average Bonchev–Trinajstić information content (AvgIpc) is 2.37. The minimum Gasteiger partial charge on any atom is -0.338 e. The van der Waals surface area contributed by atoms with Crippen LogP contribution in [0.4, 0.5) is 16.2 Å². The summed E-state index contributed by atoms with van der Waals surface area (Å²) in [6, 6.07) is 6.89. The second kappa shape index (κ2) is 7.08. The van der Waals surface area contributed by atoms with E-state index in [1.54, 1.807) is 18.2 Å². The highest BCUT2D eigenvalue weighted by Crippen LogP contribution is 2.20. The molecule has 1 aliphatic rings. The van der Waals surface area contributed by atoms with Gasteiger partial charge in [0.05, 0.1) is 0 Å². The largest absolute Gasteiger partial charge is 0.338 e. The fraction of sp³-hybridized carbons (Fsp3) is 0.467. The summed E-state index contributed by atoms with van der Waals surface area (Å²) in [5.41, 5.74) is 1.34. The molecule has 21 heavy (non-hydrogen) atoms. The number of rotatable bonds is 5. The number of nitrogens with one attached hydrogen (secondary N) is 4. The smallest absolute Gasteiger partial charge is 0.319 e. The monoisotopic (exact) mass is 290 g/mol. The molecule has 0 saturated carbocycles. The van der Waals surface area contributed by atoms with Crippen LogP contribution >= 0.6 is 0 Å². The van der Waals surface area contributed by atoms with Gasteiger partial charge in [0.1, 0.15) is 0 Å². The Balaban J connectivity index is 1.93. The van der Waals surface area contributed by atoms with E-state index in [0.717, 1.165) is 13.1 Å². The molecule has 4 N–H and O–H groups in total. The van der Waals surface area contributed by atoms with Crippen molar-refractivity contribution in [2.24, 2.45) is 11.8 Å². The summed E-state index contributed by atoms with van der Waals surface area (Å²) < 4.78 is 0. The zero-order valence-corrected chi connectivity index (χ0v) is 12.4. The molecule has 1 unspecified atom stereocenters. The lowest BCUT2D eigenvalue weighted by molar-refractivity contribution is -0.121. The van der Waals surface area contributed by atoms with E-state index in [0.29, 0.717) is 23.8 Å². The average molecular weight is 290 g/mol. The van der Waals surface area contributed by atoms with Crippen molar-refractivity contribution in [2.75, 3.05) is 30.3 Å². The van der Waals surface area contributed by atoms with Gasteiger partial charge < -0.3 is 21.3 Å². The van der Waals surface area contributed by atoms with Crippen molar-refractivity contribution in [3.63, 3.8) is 0 Å². The van der Waals surface area contributed by atoms with E-state index < -0.39 is 0 Å². The van der Waals surface area contributed by atoms with Crippen LogP contribution in [0.1, 0.15) is 13.8 Å². The number of amides is 3. The van der Waals surface area contributed by atoms with E-state index >= 15 is 0 Å². The van der Waals surface area contributed by atoms with Crippen molar-refractivity contribution in [2.45, 2.75) is 13.8 Å². The third kappa shape index (κ3) is 4.19. The lowest BCUT2D eigenvalue weighted by Crippen LogP contribution is -2.48. The number of anilines is 2. The Morgan fingerprint density at radius 1 is 1.29 bits per heavy atom. The van der Waals surface area contributed by atoms with Gasteiger partial charge in [0.15, 0.2) is 0 Å². The van der Waals surface area contributed by atoms with Crippen molar-refractivity contribution in [1.29, 1.82) is 0 Å². The van der Waals surface area contributed by atoms with E-state index in [-0.39, 0.29) is 17.9 Å². The van der Waals surface area contributed by atoms with E-state index in [2.05, 4.69) is 21.3 Å². The van der Waals surface area contributed by atoms with Gasteiger partial charge in [-0.1, -0.05) is 13.0 Å². The summed E-state index contributed by atoms with van der Waals surface area (Å²) in [6.45, 7) is 6.15. The zero-order chi connectivity index (χ0) is 15.2. The second-order valence-corrected chi connectivity index (χ2v) is 5.26. The third-order valence-electron chi connectivity index (χ3n) is 3.66. The fourth-order valence-corrected chi connectivity index (χ4v) is 2.15. The van der Waals surface area contributed by atoms with Crippen molar-refractivity contribution >= 4 is 23.3 Å². The van der Waals surface area contributed by atoms with E-state index in [9.17, 15) is 9.59 Å². The van der Waals surface area contributed by atoms with Gasteiger partial charge in [-0.25, -0.2) is 4.79 Å². The Labute approximate surface area is 124 Å². The molecular formula is C15H22N4O2. The lowest BCUT2D eigenvalue weighted by atomic mass is 9.88. The van der Waals surface area contributed by atoms with Crippen LogP contribution in [0.25, 0.3) is 0 Å². The van der Waals surface area contributed by atoms with Crippen LogP contribution in [-0.2, 0) is 4.79 Å². The molecule has 0 radical (unpaired) electrons. The number of urea groups is 1. The first-order valence-corrected chi connectivity index (χ1v) is 7.26. The molecule has 6 nitrogen and oxygen atoms in total. The highest BCUT2D eigenvalue weighted by molar-refractivity contribution is 5.94. The van der Waals surface area contributed by atoms with Gasteiger partial charge in [-0.3, -0.25) is 4.79 Å². The highest BCUT2D eigenvalue weighted by atomic mass is 16.2. The van der Waals surface area contributed by atoms with Crippen LogP contribution < -0.4 is 21.3 Å². The van der Waals surface area contributed by atoms with Crippen LogP contribution in [0.15, 0.2) is 24.3 Å². The standard InChI is InChI=1S/C15H22N4O2/c1-3-17-15(21)19-13-6-4-5-12(7-13)18-14(20)10(2)11-8-16-9-11/h4-7,10-11,16H,3,8-9H2,1-2H3,(H,18,20)(H2,17,19,21). The van der Waals surface area contributed by atoms with Crippen LogP contribution in [0.3, 0.4) is 0 Å². The normalized spacial score (nSPS) is 15.7. The van der Waals surface area contributed by atoms with Gasteiger partial charge in [0.2, 0.25) is 5.91 Å². The van der Waals surface area contributed by atoms with E-state index in [4.69, 9.17) is 0 Å². The molecule has 1 aliphatic heterocycles. The predicted octanol–water partition coefficient (Wildman–Crippen LogP) is 1.62. The van der Waals surface area contributed by atoms with Gasteiger partial charge in [-0.15, -0.1) is 0 Å². The summed E-state index contributed by atoms with van der Waals surface area (Å²) in [6.07, 6.45) is 0. The van der Waals surface area contributed by atoms with Gasteiger partial charge >= 0.3 is 6.03 Å². The number of hydrogen-bond acceptors (Lipinski definition) is 3. The lowest BCUT2D eigenvalue weighted by Gasteiger charge is -2.31. The Hall–Kier alpha value is -2.08. The molecule has 1 aromatic carbocycles. The SMILES string of the molecule is CCNC(=O)Nc1cccc(NC(=O)C(C)C2CNC2)c1. The first-order chi connectivity index (χ1) is 10.1. The van der Waals surface area contributed by atoms with Gasteiger partial charge in [-0.2, -0.15) is 0 Å². The van der Waals surface area contributed by atoms with Crippen LogP contribution in [0.5, 0.6) is 0 Å². The Morgan fingerprint density at radius 2 is 1.95 bits per heavy atom. The zero-order valence-electron chi connectivity index (χ0n) is 12.4. The van der Waals surface area contributed by atoms with Crippen LogP contribution in [0, 0.1) is 11.8 Å². The van der Waals surface area contributed by atoms with E-state index in [1.807, 2.05) is 19.9 Å². The number of hydrogen-bond donors (Lipinski definition) is 4. The van der Waals surface area contributed by atoms with Crippen molar-refractivity contribution < 1.29 is 9.59 Å². The van der Waals surface area contributed by atoms with Crippen molar-refractivity contribution in [3.8, 4) is 0 Å². The molecular weight excluding hydrogens is 268 g/mol. The molecule has 1 atom stereocenters. The molecule has 114 valence electrons. The highest BCUT2D eigenvalue weighted by Gasteiger charge is 2.28. The number of benzene rings is 1. The van der Waals surface area contributed by atoms with Crippen LogP contribution in [-0.4, -0.2) is 31.6 Å². The molecule has 1 heterocycles. The Kier molecular flexibility index (Phi) is 5.16. The Bertz CT molecular complexity index is 514. The summed E-state index contributed by atoms with van der Waals surface area (Å²) >= 11 is 0. The molecule has 0 aromatic heterocycles. The molecule has 2 rings (SSSR count). The molecule has 6 heteroatoms. The topological polar surface area (TPSA) is 82.3 Å². The minimum absolute atomic E-state index is 0.0108. The van der Waals surface area contributed by atoms with Crippen LogP contribution in [0.2, 0.25) is 0 Å². The molecule has 1 saturated heterocycles. The first kappa shape index (κ1) is 15.3. The third-order valence-corrected chi connectivity index (χ3v) is 3.66. The minimum atomic E-state index is -0.255. The predicted molar refractivity (Wildman–Crippen MR) is 83.3 cm³/mol. The van der Waals surface area contributed by atoms with Crippen molar-refractivity contribution in [3.05, 3.63) is 24.3 Å². The number of carbonyl (C=O) groups excluding carboxylic acids is 2. The molecule has 3 amide bonds. The summed E-state index contributed by atoms with van der Waals surface area (Å²) in [7, 11) is 0. The Morgan fingerprint density at radius 3 is 2.52 bits per heavy atom. The van der Waals surface area contributed by atoms with Crippen molar-refractivity contribution in [1.82, 2.24) is 10.6 Å². The maximum atomic E-state index is 12.1. The molecule has 0 spiro atoms. The maximum absolute atomic E-state index is 12.1. The fourth-order valence-electron chi connectivity index (χ4n) is 2.15. The van der Waals surface area contributed by atoms with Gasteiger partial charge in [-0.05, 0) is 44.1 Å². The maximum Gasteiger partial charge on any atom is 0.319 e. The second-order valence-electron chi connectivity index (χ2n) is 5.26. The summed E-state index contributed by atoms with van der Waals surface area (Å²) in [5.74, 6) is 0.393. The first-order valence-electron chi connectivity index (χ1n) is 7.26. The molecule has 1 aromatic rings. The quantitative estimate of drug-likeness (QED) is 0.665. The van der Waals surface area contributed by atoms with E-state index in [1.165, 1.54) is 0 Å². The molecule has 0 aliphatic carbocycles. The number of carbonyl (C=O) groups is 2. The summed E-state index contributed by atoms with van der Waals surface area (Å²) in [5, 5.41) is 11.4.